The number of rotatable bonds is 4. The van der Waals surface area contributed by atoms with Crippen LogP contribution in [0, 0.1) is 0 Å². The van der Waals surface area contributed by atoms with Gasteiger partial charge in [-0.3, -0.25) is 4.79 Å². The highest BCUT2D eigenvalue weighted by Crippen LogP contribution is 2.26. The van der Waals surface area contributed by atoms with Crippen molar-refractivity contribution in [3.05, 3.63) is 53.7 Å². The van der Waals surface area contributed by atoms with Crippen molar-refractivity contribution in [2.45, 2.75) is 25.3 Å². The summed E-state index contributed by atoms with van der Waals surface area (Å²) in [5, 5.41) is 6.56. The molecule has 1 aliphatic heterocycles. The summed E-state index contributed by atoms with van der Waals surface area (Å²) in [6, 6.07) is 13.8. The summed E-state index contributed by atoms with van der Waals surface area (Å²) in [5.74, 6) is 0.793. The molecule has 1 atom stereocenters. The molecular weight excluding hydrogens is 382 g/mol. The molecular formula is C19H22ClN5OS. The number of carbonyl (C=O) groups is 1. The number of carbonyl (C=O) groups excluding carboxylic acids is 1. The van der Waals surface area contributed by atoms with Crippen LogP contribution in [0.15, 0.2) is 47.8 Å². The van der Waals surface area contributed by atoms with Crippen LogP contribution in [0.4, 0.5) is 0 Å². The van der Waals surface area contributed by atoms with Crippen molar-refractivity contribution in [3.63, 3.8) is 0 Å². The van der Waals surface area contributed by atoms with Gasteiger partial charge in [-0.15, -0.1) is 28.8 Å². The highest BCUT2D eigenvalue weighted by Gasteiger charge is 2.30. The molecule has 0 bridgehead atoms. The molecule has 3 aromatic rings. The number of benzene rings is 1. The highest BCUT2D eigenvalue weighted by molar-refractivity contribution is 7.13. The average Bonchev–Trinajstić information content (AvgIpc) is 3.37. The van der Waals surface area contributed by atoms with Crippen molar-refractivity contribution in [1.29, 1.82) is 0 Å². The van der Waals surface area contributed by atoms with Crippen LogP contribution in [0.3, 0.4) is 0 Å². The Morgan fingerprint density at radius 3 is 2.70 bits per heavy atom. The van der Waals surface area contributed by atoms with E-state index in [4.69, 9.17) is 5.73 Å². The fourth-order valence-electron chi connectivity index (χ4n) is 3.36. The fraction of sp³-hybridized carbons (Fsp3) is 0.316. The molecule has 0 radical (unpaired) electrons. The van der Waals surface area contributed by atoms with Gasteiger partial charge in [0.15, 0.2) is 5.82 Å². The van der Waals surface area contributed by atoms with Crippen LogP contribution in [0.5, 0.6) is 0 Å². The average molecular weight is 404 g/mol. The van der Waals surface area contributed by atoms with E-state index in [9.17, 15) is 4.79 Å². The van der Waals surface area contributed by atoms with Crippen LogP contribution in [0.1, 0.15) is 29.9 Å². The van der Waals surface area contributed by atoms with Crippen molar-refractivity contribution >= 4 is 29.7 Å². The van der Waals surface area contributed by atoms with Crippen molar-refractivity contribution in [1.82, 2.24) is 19.7 Å². The molecule has 1 unspecified atom stereocenters. The quantitative estimate of drug-likeness (QED) is 0.724. The second-order valence-electron chi connectivity index (χ2n) is 6.37. The number of hydrogen-bond acceptors (Lipinski definition) is 5. The van der Waals surface area contributed by atoms with E-state index < -0.39 is 0 Å². The topological polar surface area (TPSA) is 77.0 Å². The van der Waals surface area contributed by atoms with Gasteiger partial charge in [0.25, 0.3) is 5.91 Å². The zero-order valence-corrected chi connectivity index (χ0v) is 16.5. The highest BCUT2D eigenvalue weighted by atomic mass is 35.5. The van der Waals surface area contributed by atoms with Gasteiger partial charge in [0.05, 0.1) is 10.6 Å². The van der Waals surface area contributed by atoms with Crippen LogP contribution in [0.25, 0.3) is 16.4 Å². The number of amides is 1. The summed E-state index contributed by atoms with van der Waals surface area (Å²) < 4.78 is 1.75. The van der Waals surface area contributed by atoms with Crippen molar-refractivity contribution in [2.75, 3.05) is 13.1 Å². The predicted molar refractivity (Wildman–Crippen MR) is 110 cm³/mol. The number of likely N-dealkylation sites (tertiary alicyclic amines) is 1. The standard InChI is InChI=1S/C19H21N5OS.ClH/c20-13-15-9-4-5-11-23(15)19(25)17-21-18(16-10-6-12-26-16)24(22-17)14-7-2-1-3-8-14;/h1-3,6-8,10,12,15H,4-5,9,11,13,20H2;1H. The normalized spacial score (nSPS) is 16.8. The third-order valence-electron chi connectivity index (χ3n) is 4.70. The first-order valence-corrected chi connectivity index (χ1v) is 9.73. The Balaban J connectivity index is 0.00000210. The maximum atomic E-state index is 13.1. The molecule has 4 rings (SSSR count). The molecule has 0 saturated carbocycles. The molecule has 1 amide bonds. The van der Waals surface area contributed by atoms with Gasteiger partial charge < -0.3 is 10.6 Å². The molecule has 1 aromatic carbocycles. The minimum absolute atomic E-state index is 0. The van der Waals surface area contributed by atoms with E-state index in [1.807, 2.05) is 52.7 Å². The van der Waals surface area contributed by atoms with E-state index in [0.29, 0.717) is 12.4 Å². The van der Waals surface area contributed by atoms with E-state index >= 15 is 0 Å². The van der Waals surface area contributed by atoms with Crippen LogP contribution in [-0.2, 0) is 0 Å². The Bertz CT molecular complexity index is 881. The van der Waals surface area contributed by atoms with Crippen LogP contribution < -0.4 is 5.73 Å². The predicted octanol–water partition coefficient (Wildman–Crippen LogP) is 3.37. The van der Waals surface area contributed by atoms with Crippen molar-refractivity contribution < 1.29 is 4.79 Å². The Kier molecular flexibility index (Phi) is 6.26. The number of piperidine rings is 1. The molecule has 0 spiro atoms. The van der Waals surface area contributed by atoms with Gasteiger partial charge >= 0.3 is 0 Å². The maximum Gasteiger partial charge on any atom is 0.293 e. The third-order valence-corrected chi connectivity index (χ3v) is 5.57. The third kappa shape index (κ3) is 3.90. The Hall–Kier alpha value is -2.22. The summed E-state index contributed by atoms with van der Waals surface area (Å²) in [7, 11) is 0. The monoisotopic (exact) mass is 403 g/mol. The zero-order chi connectivity index (χ0) is 17.9. The lowest BCUT2D eigenvalue weighted by atomic mass is 10.0. The van der Waals surface area contributed by atoms with Gasteiger partial charge in [-0.05, 0) is 42.8 Å². The van der Waals surface area contributed by atoms with Crippen molar-refractivity contribution in [3.8, 4) is 16.4 Å². The number of nitrogens with two attached hydrogens (primary N) is 1. The SMILES string of the molecule is Cl.NCC1CCCCN1C(=O)c1nc(-c2cccs2)n(-c2ccccc2)n1. The first kappa shape index (κ1) is 19.5. The minimum atomic E-state index is -0.132. The minimum Gasteiger partial charge on any atom is -0.332 e. The van der Waals surface area contributed by atoms with Crippen molar-refractivity contribution in [2.24, 2.45) is 5.73 Å². The van der Waals surface area contributed by atoms with Gasteiger partial charge in [-0.1, -0.05) is 24.3 Å². The molecule has 1 aliphatic rings. The first-order valence-electron chi connectivity index (χ1n) is 8.85. The number of halogens is 1. The van der Waals surface area contributed by atoms with Gasteiger partial charge in [0.1, 0.15) is 0 Å². The largest absolute Gasteiger partial charge is 0.332 e. The molecule has 1 fully saturated rings. The lowest BCUT2D eigenvalue weighted by molar-refractivity contribution is 0.0611. The second-order valence-corrected chi connectivity index (χ2v) is 7.32. The van der Waals surface area contributed by atoms with Crippen LogP contribution >= 0.6 is 23.7 Å². The summed E-state index contributed by atoms with van der Waals surface area (Å²) >= 11 is 1.58. The molecule has 6 nitrogen and oxygen atoms in total. The number of para-hydroxylation sites is 1. The van der Waals surface area contributed by atoms with E-state index in [0.717, 1.165) is 36.4 Å². The summed E-state index contributed by atoms with van der Waals surface area (Å²) in [6.07, 6.45) is 3.05. The maximum absolute atomic E-state index is 13.1. The van der Waals surface area contributed by atoms with E-state index in [-0.39, 0.29) is 30.2 Å². The molecule has 0 aliphatic carbocycles. The zero-order valence-electron chi connectivity index (χ0n) is 14.8. The number of aromatic nitrogens is 3. The smallest absolute Gasteiger partial charge is 0.293 e. The Morgan fingerprint density at radius 1 is 1.19 bits per heavy atom. The first-order chi connectivity index (χ1) is 12.8. The summed E-state index contributed by atoms with van der Waals surface area (Å²) in [5.41, 5.74) is 6.76. The van der Waals surface area contributed by atoms with Gasteiger partial charge in [-0.25, -0.2) is 9.67 Å². The second kappa shape index (κ2) is 8.65. The molecule has 2 N–H and O–H groups in total. The van der Waals surface area contributed by atoms with E-state index in [1.54, 1.807) is 16.0 Å². The van der Waals surface area contributed by atoms with Gasteiger partial charge in [-0.2, -0.15) is 0 Å². The molecule has 8 heteroatoms. The molecule has 2 aromatic heterocycles. The molecule has 142 valence electrons. The van der Waals surface area contributed by atoms with Gasteiger partial charge in [0, 0.05) is 19.1 Å². The molecule has 27 heavy (non-hydrogen) atoms. The molecule has 3 heterocycles. The van der Waals surface area contributed by atoms with Crippen LogP contribution in [0.2, 0.25) is 0 Å². The lowest BCUT2D eigenvalue weighted by Crippen LogP contribution is -2.47. The summed E-state index contributed by atoms with van der Waals surface area (Å²) in [6.45, 7) is 1.19. The lowest BCUT2D eigenvalue weighted by Gasteiger charge is -2.34. The van der Waals surface area contributed by atoms with E-state index in [2.05, 4.69) is 10.1 Å². The van der Waals surface area contributed by atoms with E-state index in [1.165, 1.54) is 0 Å². The number of nitrogens with zero attached hydrogens (tertiary/aromatic N) is 4. The fourth-order valence-corrected chi connectivity index (χ4v) is 4.06. The van der Waals surface area contributed by atoms with Crippen LogP contribution in [-0.4, -0.2) is 44.7 Å². The number of thiophene rings is 1. The number of hydrogen-bond donors (Lipinski definition) is 1. The Morgan fingerprint density at radius 2 is 2.00 bits per heavy atom. The Labute approximate surface area is 168 Å². The van der Waals surface area contributed by atoms with Gasteiger partial charge in [0.2, 0.25) is 5.82 Å². The molecule has 1 saturated heterocycles. The summed E-state index contributed by atoms with van der Waals surface area (Å²) in [4.78, 5) is 20.5.